The molecule has 0 aliphatic rings. The van der Waals surface area contributed by atoms with Crippen LogP contribution < -0.4 is 5.32 Å². The molecule has 1 amide bonds. The van der Waals surface area contributed by atoms with Crippen LogP contribution in [0.4, 0.5) is 8.78 Å². The van der Waals surface area contributed by atoms with Gasteiger partial charge in [0, 0.05) is 22.7 Å². The number of carbonyl (C=O) groups is 3. The van der Waals surface area contributed by atoms with Gasteiger partial charge in [0.2, 0.25) is 5.91 Å². The molecule has 3 N–H and O–H groups in total. The average molecular weight is 451 g/mol. The second kappa shape index (κ2) is 8.35. The van der Waals surface area contributed by atoms with Crippen molar-refractivity contribution >= 4 is 40.3 Å². The van der Waals surface area contributed by atoms with Gasteiger partial charge >= 0.3 is 5.97 Å². The number of benzene rings is 2. The summed E-state index contributed by atoms with van der Waals surface area (Å²) < 4.78 is 29.1. The number of amides is 1. The van der Waals surface area contributed by atoms with Gasteiger partial charge in [0.15, 0.2) is 11.6 Å². The highest BCUT2D eigenvalue weighted by Gasteiger charge is 2.28. The van der Waals surface area contributed by atoms with E-state index >= 15 is 0 Å². The maximum atomic E-state index is 14.1. The molecule has 31 heavy (non-hydrogen) atoms. The summed E-state index contributed by atoms with van der Waals surface area (Å²) in [4.78, 5) is 36.4. The normalized spacial score (nSPS) is 12.0. The third kappa shape index (κ3) is 4.09. The highest BCUT2D eigenvalue weighted by molar-refractivity contribution is 6.30. The minimum Gasteiger partial charge on any atom is -0.505 e. The van der Waals surface area contributed by atoms with E-state index in [1.165, 1.54) is 26.0 Å². The lowest BCUT2D eigenvalue weighted by molar-refractivity contribution is -0.138. The van der Waals surface area contributed by atoms with Crippen LogP contribution in [-0.2, 0) is 9.59 Å². The van der Waals surface area contributed by atoms with Crippen LogP contribution in [-0.4, -0.2) is 39.1 Å². The van der Waals surface area contributed by atoms with Crippen LogP contribution in [0.1, 0.15) is 34.5 Å². The molecule has 7 nitrogen and oxygen atoms in total. The van der Waals surface area contributed by atoms with Crippen molar-refractivity contribution in [1.82, 2.24) is 9.88 Å². The zero-order chi connectivity index (χ0) is 23.0. The quantitative estimate of drug-likeness (QED) is 0.550. The van der Waals surface area contributed by atoms with Crippen LogP contribution in [0.15, 0.2) is 30.3 Å². The molecule has 10 heteroatoms. The van der Waals surface area contributed by atoms with Crippen molar-refractivity contribution in [3.05, 3.63) is 63.8 Å². The molecular weight excluding hydrogens is 434 g/mol. The maximum Gasteiger partial charge on any atom is 0.322 e. The zero-order valence-corrected chi connectivity index (χ0v) is 17.1. The minimum absolute atomic E-state index is 0.0565. The lowest BCUT2D eigenvalue weighted by atomic mass is 9.97. The summed E-state index contributed by atoms with van der Waals surface area (Å²) in [6, 6.07) is 5.47. The summed E-state index contributed by atoms with van der Waals surface area (Å²) in [5.41, 5.74) is 0.528. The first-order valence-electron chi connectivity index (χ1n) is 9.05. The molecule has 0 saturated carbocycles. The van der Waals surface area contributed by atoms with E-state index in [-0.39, 0.29) is 32.7 Å². The van der Waals surface area contributed by atoms with Crippen molar-refractivity contribution in [2.75, 3.05) is 6.54 Å². The fourth-order valence-corrected chi connectivity index (χ4v) is 3.58. The molecule has 3 rings (SSSR count). The first-order valence-corrected chi connectivity index (χ1v) is 9.43. The second-order valence-corrected chi connectivity index (χ2v) is 7.33. The topological polar surface area (TPSA) is 109 Å². The Balaban J connectivity index is 2.20. The molecule has 0 spiro atoms. The molecule has 1 aromatic heterocycles. The van der Waals surface area contributed by atoms with Gasteiger partial charge in [0.1, 0.15) is 12.4 Å². The van der Waals surface area contributed by atoms with Gasteiger partial charge in [-0.2, -0.15) is 0 Å². The number of hydrogen-bond acceptors (Lipinski definition) is 4. The lowest BCUT2D eigenvalue weighted by Crippen LogP contribution is -2.32. The molecule has 0 saturated heterocycles. The second-order valence-electron chi connectivity index (χ2n) is 6.92. The number of nitrogens with one attached hydrogen (secondary N) is 1. The van der Waals surface area contributed by atoms with Gasteiger partial charge < -0.3 is 15.5 Å². The fraction of sp³-hybridized carbons (Fsp3) is 0.190. The number of aliphatic carboxylic acids is 1. The predicted molar refractivity (Wildman–Crippen MR) is 108 cm³/mol. The fourth-order valence-electron chi connectivity index (χ4n) is 3.46. The maximum absolute atomic E-state index is 14.1. The van der Waals surface area contributed by atoms with Crippen molar-refractivity contribution < 1.29 is 33.4 Å². The van der Waals surface area contributed by atoms with E-state index < -0.39 is 47.6 Å². The molecule has 1 atom stereocenters. The van der Waals surface area contributed by atoms with Gasteiger partial charge in [-0.15, -0.1) is 0 Å². The third-order valence-electron chi connectivity index (χ3n) is 4.93. The number of nitrogens with zero attached hydrogens (tertiary/aromatic N) is 1. The largest absolute Gasteiger partial charge is 0.505 e. The molecule has 162 valence electrons. The van der Waals surface area contributed by atoms with Gasteiger partial charge in [0.05, 0.1) is 16.5 Å². The standard InChI is InChI=1S/C21H17ClF2N2O5/c1-9(20(30)25-8-18(28)29)19-10(2)26(16-7-15(24)17(27)6-12(16)19)21(31)11-3-4-13(22)14(23)5-11/h3-7,9,27H,8H2,1-2H3,(H,25,30)(H,28,29). The molecule has 3 aromatic rings. The average Bonchev–Trinajstić information content (AvgIpc) is 2.98. The van der Waals surface area contributed by atoms with E-state index in [1.54, 1.807) is 0 Å². The Kier molecular flexibility index (Phi) is 5.99. The molecule has 0 aliphatic heterocycles. The van der Waals surface area contributed by atoms with Crippen LogP contribution in [0.5, 0.6) is 5.75 Å². The number of halogens is 3. The summed E-state index contributed by atoms with van der Waals surface area (Å²) in [5.74, 6) is -6.01. The Morgan fingerprint density at radius 1 is 1.16 bits per heavy atom. The number of fused-ring (bicyclic) bond motifs is 1. The Morgan fingerprint density at radius 2 is 1.84 bits per heavy atom. The Labute approximate surface area is 179 Å². The predicted octanol–water partition coefficient (Wildman–Crippen LogP) is 3.58. The molecule has 0 fully saturated rings. The number of rotatable bonds is 5. The molecule has 0 bridgehead atoms. The number of hydrogen-bond donors (Lipinski definition) is 3. The van der Waals surface area contributed by atoms with Gasteiger partial charge in [-0.1, -0.05) is 11.6 Å². The van der Waals surface area contributed by atoms with E-state index in [9.17, 15) is 28.3 Å². The van der Waals surface area contributed by atoms with Crippen LogP contribution >= 0.6 is 11.6 Å². The van der Waals surface area contributed by atoms with Gasteiger partial charge in [-0.05, 0) is 43.7 Å². The highest BCUT2D eigenvalue weighted by atomic mass is 35.5. The molecular formula is C21H17ClF2N2O5. The van der Waals surface area contributed by atoms with Gasteiger partial charge in [0.25, 0.3) is 5.91 Å². The zero-order valence-electron chi connectivity index (χ0n) is 16.4. The smallest absolute Gasteiger partial charge is 0.322 e. The number of aromatic hydroxyl groups is 1. The lowest BCUT2D eigenvalue weighted by Gasteiger charge is -2.13. The molecule has 1 heterocycles. The Morgan fingerprint density at radius 3 is 2.45 bits per heavy atom. The van der Waals surface area contributed by atoms with Crippen molar-refractivity contribution in [3.63, 3.8) is 0 Å². The van der Waals surface area contributed by atoms with Gasteiger partial charge in [-0.3, -0.25) is 19.0 Å². The highest BCUT2D eigenvalue weighted by Crippen LogP contribution is 2.36. The van der Waals surface area contributed by atoms with E-state index in [2.05, 4.69) is 5.32 Å². The minimum atomic E-state index is -1.24. The van der Waals surface area contributed by atoms with E-state index in [1.807, 2.05) is 0 Å². The summed E-state index contributed by atoms with van der Waals surface area (Å²) >= 11 is 5.67. The number of carboxylic acids is 1. The van der Waals surface area contributed by atoms with E-state index in [4.69, 9.17) is 16.7 Å². The number of carbonyl (C=O) groups excluding carboxylic acids is 2. The number of aromatic nitrogens is 1. The molecule has 1 unspecified atom stereocenters. The Hall–Kier alpha value is -3.46. The number of phenols is 1. The van der Waals surface area contributed by atoms with Crippen LogP contribution in [0.25, 0.3) is 10.9 Å². The molecule has 2 aromatic carbocycles. The van der Waals surface area contributed by atoms with Crippen LogP contribution in [0, 0.1) is 18.6 Å². The van der Waals surface area contributed by atoms with E-state index in [0.717, 1.165) is 22.8 Å². The monoisotopic (exact) mass is 450 g/mol. The number of phenolic OH excluding ortho intramolecular Hbond substituents is 1. The Bertz CT molecular complexity index is 1240. The molecule has 0 radical (unpaired) electrons. The summed E-state index contributed by atoms with van der Waals surface area (Å²) in [6.45, 7) is 2.38. The first-order chi connectivity index (χ1) is 14.5. The molecule has 0 aliphatic carbocycles. The van der Waals surface area contributed by atoms with Crippen LogP contribution in [0.3, 0.4) is 0 Å². The van der Waals surface area contributed by atoms with E-state index in [0.29, 0.717) is 0 Å². The van der Waals surface area contributed by atoms with Gasteiger partial charge in [-0.25, -0.2) is 8.78 Å². The summed E-state index contributed by atoms with van der Waals surface area (Å²) in [6.07, 6.45) is 0. The van der Waals surface area contributed by atoms with Crippen molar-refractivity contribution in [1.29, 1.82) is 0 Å². The van der Waals surface area contributed by atoms with Crippen molar-refractivity contribution in [3.8, 4) is 5.75 Å². The SMILES string of the molecule is Cc1c(C(C)C(=O)NCC(=O)O)c2cc(O)c(F)cc2n1C(=O)c1ccc(Cl)c(F)c1. The third-order valence-corrected chi connectivity index (χ3v) is 5.24. The number of carboxylic acid groups (broad SMARTS) is 1. The van der Waals surface area contributed by atoms with Crippen molar-refractivity contribution in [2.45, 2.75) is 19.8 Å². The van der Waals surface area contributed by atoms with Crippen molar-refractivity contribution in [2.24, 2.45) is 0 Å². The van der Waals surface area contributed by atoms with Crippen LogP contribution in [0.2, 0.25) is 5.02 Å². The summed E-state index contributed by atoms with van der Waals surface area (Å²) in [7, 11) is 0. The summed E-state index contributed by atoms with van der Waals surface area (Å²) in [5, 5.41) is 20.9. The first kappa shape index (κ1) is 22.2.